The quantitative estimate of drug-likeness (QED) is 0.128. The van der Waals surface area contributed by atoms with Gasteiger partial charge >= 0.3 is 0 Å². The zero-order valence-electron chi connectivity index (χ0n) is 26.4. The summed E-state index contributed by atoms with van der Waals surface area (Å²) in [6, 6.07) is 8.34. The van der Waals surface area contributed by atoms with Crippen LogP contribution in [0.15, 0.2) is 72.9 Å². The summed E-state index contributed by atoms with van der Waals surface area (Å²) in [6.07, 6.45) is 15.3. The molecule has 1 aromatic rings. The van der Waals surface area contributed by atoms with Gasteiger partial charge in [0.1, 0.15) is 0 Å². The van der Waals surface area contributed by atoms with Crippen LogP contribution >= 0.6 is 9.24 Å². The minimum Gasteiger partial charge on any atom is -0.382 e. The third-order valence-corrected chi connectivity index (χ3v) is 6.44. The van der Waals surface area contributed by atoms with E-state index >= 15 is 0 Å². The Morgan fingerprint density at radius 2 is 1.75 bits per heavy atom. The van der Waals surface area contributed by atoms with Crippen LogP contribution in [0.4, 0.5) is 5.69 Å². The number of hydrogen-bond donors (Lipinski definition) is 2. The maximum absolute atomic E-state index is 11.9. The smallest absolute Gasteiger partial charge is 0.220 e. The van der Waals surface area contributed by atoms with E-state index in [0.29, 0.717) is 25.9 Å². The van der Waals surface area contributed by atoms with Crippen LogP contribution in [0.2, 0.25) is 0 Å². The highest BCUT2D eigenvalue weighted by molar-refractivity contribution is 7.28. The number of nitrogens with zero attached hydrogens (tertiary/aromatic N) is 1. The van der Waals surface area contributed by atoms with Crippen molar-refractivity contribution in [2.75, 3.05) is 18.4 Å². The molecule has 5 nitrogen and oxygen atoms in total. The highest BCUT2D eigenvalue weighted by atomic mass is 31.0. The highest BCUT2D eigenvalue weighted by Crippen LogP contribution is 2.22. The lowest BCUT2D eigenvalue weighted by molar-refractivity contribution is -0.122. The first kappa shape index (κ1) is 39.5. The van der Waals surface area contributed by atoms with Gasteiger partial charge in [0, 0.05) is 30.7 Å². The summed E-state index contributed by atoms with van der Waals surface area (Å²) in [6.45, 7) is 22.3. The van der Waals surface area contributed by atoms with Crippen molar-refractivity contribution < 1.29 is 9.59 Å². The number of anilines is 1. The molecule has 1 aromatic carbocycles. The maximum atomic E-state index is 11.9. The van der Waals surface area contributed by atoms with E-state index in [-0.39, 0.29) is 23.8 Å². The Bertz CT molecular complexity index is 905. The van der Waals surface area contributed by atoms with Gasteiger partial charge in [-0.25, -0.2) is 0 Å². The fourth-order valence-electron chi connectivity index (χ4n) is 3.55. The van der Waals surface area contributed by atoms with Gasteiger partial charge in [0.05, 0.1) is 0 Å². The van der Waals surface area contributed by atoms with Gasteiger partial charge in [0.25, 0.3) is 0 Å². The molecule has 0 aliphatic heterocycles. The van der Waals surface area contributed by atoms with Crippen molar-refractivity contribution >= 4 is 32.5 Å². The lowest BCUT2D eigenvalue weighted by atomic mass is 9.89. The Balaban J connectivity index is 0. The van der Waals surface area contributed by atoms with Crippen molar-refractivity contribution in [2.45, 2.75) is 93.0 Å². The van der Waals surface area contributed by atoms with Gasteiger partial charge in [-0.1, -0.05) is 107 Å². The standard InChI is InChI=1S/C24H38N3O2P.C5H8.C3H6.C2H6/c1-5-9-20(6-2)15-21(24(25)29)14-18(3)16-27(17-28)13-12-19(4)26-22-10-7-8-11-23(22)30;1-4-5(2)3;1-2-3-1;1-2/h5-11,17-19,21,26H,12-16,30H2,1-4H3,(H2,25,29);4H,1-2H2,3H3;1-3H2;1-2H3/b9-5-,20-6+;;;. The van der Waals surface area contributed by atoms with Gasteiger partial charge < -0.3 is 16.0 Å². The summed E-state index contributed by atoms with van der Waals surface area (Å²) >= 11 is 0. The molecular weight excluding hydrogens is 513 g/mol. The second kappa shape index (κ2) is 25.3. The highest BCUT2D eigenvalue weighted by Gasteiger charge is 2.21. The topological polar surface area (TPSA) is 75.4 Å². The molecule has 2 rings (SSSR count). The number of allylic oxidation sites excluding steroid dienone is 6. The van der Waals surface area contributed by atoms with E-state index in [1.165, 1.54) is 19.3 Å². The fourth-order valence-corrected chi connectivity index (χ4v) is 3.84. The summed E-state index contributed by atoms with van der Waals surface area (Å²) in [5, 5.41) is 4.62. The molecule has 0 heterocycles. The van der Waals surface area contributed by atoms with Crippen molar-refractivity contribution in [1.29, 1.82) is 0 Å². The molecular formula is C34H58N3O2P. The molecule has 6 heteroatoms. The molecule has 1 fully saturated rings. The minimum atomic E-state index is -0.280. The first-order valence-corrected chi connectivity index (χ1v) is 15.3. The first-order chi connectivity index (χ1) is 19.1. The number of carbonyl (C=O) groups excluding carboxylic acids is 2. The van der Waals surface area contributed by atoms with Crippen molar-refractivity contribution in [3.8, 4) is 0 Å². The van der Waals surface area contributed by atoms with Gasteiger partial charge in [-0.2, -0.15) is 0 Å². The average Bonchev–Trinajstić information content (AvgIpc) is 3.82. The van der Waals surface area contributed by atoms with E-state index in [1.54, 1.807) is 11.0 Å². The van der Waals surface area contributed by atoms with Crippen molar-refractivity contribution in [2.24, 2.45) is 17.6 Å². The molecule has 2 amide bonds. The second-order valence-electron chi connectivity index (χ2n) is 10.1. The number of nitrogens with one attached hydrogen (secondary N) is 1. The first-order valence-electron chi connectivity index (χ1n) is 14.7. The fraction of sp³-hybridized carbons (Fsp3) is 0.529. The minimum absolute atomic E-state index is 0.187. The number of carbonyl (C=O) groups is 2. The normalized spacial score (nSPS) is 13.9. The third-order valence-electron chi connectivity index (χ3n) is 5.93. The Morgan fingerprint density at radius 1 is 1.18 bits per heavy atom. The predicted molar refractivity (Wildman–Crippen MR) is 181 cm³/mol. The zero-order valence-corrected chi connectivity index (χ0v) is 27.6. The molecule has 1 aliphatic carbocycles. The van der Waals surface area contributed by atoms with Crippen molar-refractivity contribution in [3.05, 3.63) is 72.9 Å². The number of hydrogen-bond acceptors (Lipinski definition) is 3. The molecule has 0 aromatic heterocycles. The van der Waals surface area contributed by atoms with Crippen LogP contribution in [0.5, 0.6) is 0 Å². The van der Waals surface area contributed by atoms with E-state index in [1.807, 2.05) is 71.0 Å². The van der Waals surface area contributed by atoms with Crippen LogP contribution in [0, 0.1) is 11.8 Å². The third kappa shape index (κ3) is 22.2. The van der Waals surface area contributed by atoms with Gasteiger partial charge in [-0.15, -0.1) is 9.24 Å². The van der Waals surface area contributed by atoms with Crippen LogP contribution in [-0.2, 0) is 9.59 Å². The van der Waals surface area contributed by atoms with E-state index < -0.39 is 0 Å². The summed E-state index contributed by atoms with van der Waals surface area (Å²) < 4.78 is 0. The molecule has 3 N–H and O–H groups in total. The number of amides is 2. The van der Waals surface area contributed by atoms with Gasteiger partial charge in [-0.3, -0.25) is 9.59 Å². The molecule has 1 saturated carbocycles. The predicted octanol–water partition coefficient (Wildman–Crippen LogP) is 7.82. The molecule has 0 spiro atoms. The molecule has 4 atom stereocenters. The van der Waals surface area contributed by atoms with Crippen molar-refractivity contribution in [1.82, 2.24) is 4.90 Å². The van der Waals surface area contributed by atoms with Crippen LogP contribution in [0.3, 0.4) is 0 Å². The number of primary amides is 1. The molecule has 0 bridgehead atoms. The van der Waals surface area contributed by atoms with Gasteiger partial charge in [0.15, 0.2) is 0 Å². The van der Waals surface area contributed by atoms with Crippen LogP contribution in [-0.4, -0.2) is 36.3 Å². The molecule has 40 heavy (non-hydrogen) atoms. The second-order valence-corrected chi connectivity index (χ2v) is 10.8. The number of para-hydroxylation sites is 1. The van der Waals surface area contributed by atoms with Crippen molar-refractivity contribution in [3.63, 3.8) is 0 Å². The van der Waals surface area contributed by atoms with Crippen LogP contribution < -0.4 is 16.4 Å². The summed E-state index contributed by atoms with van der Waals surface area (Å²) in [7, 11) is 2.73. The van der Waals surface area contributed by atoms with E-state index in [4.69, 9.17) is 5.73 Å². The maximum Gasteiger partial charge on any atom is 0.220 e. The van der Waals surface area contributed by atoms with Crippen LogP contribution in [0.25, 0.3) is 0 Å². The molecule has 226 valence electrons. The monoisotopic (exact) mass is 571 g/mol. The van der Waals surface area contributed by atoms with Crippen LogP contribution in [0.1, 0.15) is 87.0 Å². The number of benzene rings is 1. The van der Waals surface area contributed by atoms with Gasteiger partial charge in [-0.05, 0) is 64.2 Å². The Kier molecular flexibility index (Phi) is 25.0. The van der Waals surface area contributed by atoms with E-state index in [2.05, 4.69) is 47.6 Å². The molecule has 1 aliphatic rings. The average molecular weight is 572 g/mol. The summed E-state index contributed by atoms with van der Waals surface area (Å²) in [5.41, 5.74) is 8.86. The Morgan fingerprint density at radius 3 is 2.17 bits per heavy atom. The Labute approximate surface area is 248 Å². The molecule has 4 unspecified atom stereocenters. The summed E-state index contributed by atoms with van der Waals surface area (Å²) in [5.74, 6) is -0.320. The zero-order chi connectivity index (χ0) is 30.9. The SMILES string of the molecule is C/C=C\C(=C/C)CC(CC(C)CN(C=O)CCC(C)Nc1ccccc1P)C(N)=O.C1CC1.C=CC(=C)C.CC. The Hall–Kier alpha value is -2.65. The van der Waals surface area contributed by atoms with E-state index in [0.717, 1.165) is 35.0 Å². The van der Waals surface area contributed by atoms with Gasteiger partial charge in [0.2, 0.25) is 12.3 Å². The molecule has 0 saturated heterocycles. The largest absolute Gasteiger partial charge is 0.382 e. The molecule has 0 radical (unpaired) electrons. The number of nitrogens with two attached hydrogens (primary N) is 1. The lowest BCUT2D eigenvalue weighted by Gasteiger charge is -2.26. The number of rotatable bonds is 15. The summed E-state index contributed by atoms with van der Waals surface area (Å²) in [4.78, 5) is 25.3. The lowest BCUT2D eigenvalue weighted by Crippen LogP contribution is -2.33. The van der Waals surface area contributed by atoms with E-state index in [9.17, 15) is 9.59 Å².